The summed E-state index contributed by atoms with van der Waals surface area (Å²) in [5, 5.41) is 11.3. The molecule has 25 heavy (non-hydrogen) atoms. The highest BCUT2D eigenvalue weighted by atomic mass is 16.3. The SMILES string of the molecule is [2H]c1c([2H])c([2H])c(C(=O)C([2H])([2H])[C@]2([2H])N(C([2H])([2H])[2H])[C@]([2H])(C([2H])([2H])[C@@H](O)c3c([2H])c([2H])c([2H])c([2H])c3[2H])C([2H])([2H])C([2H])([2H])C2([2H])[2H])c([2H])c1[2H]. The summed E-state index contributed by atoms with van der Waals surface area (Å²) in [6.45, 7) is -4.53. The monoisotopic (exact) mass is 362 g/mol. The zero-order chi connectivity index (χ0) is 39.7. The number of benzene rings is 2. The van der Waals surface area contributed by atoms with E-state index in [0.29, 0.717) is 0 Å². The molecule has 132 valence electrons. The van der Waals surface area contributed by atoms with Crippen molar-refractivity contribution in [2.75, 3.05) is 6.98 Å². The van der Waals surface area contributed by atoms with Crippen LogP contribution in [0.2, 0.25) is 0 Å². The lowest BCUT2D eigenvalue weighted by Crippen LogP contribution is -2.45. The van der Waals surface area contributed by atoms with E-state index in [4.69, 9.17) is 34.3 Å². The summed E-state index contributed by atoms with van der Waals surface area (Å²) in [4.78, 5) is 12.7. The van der Waals surface area contributed by atoms with Gasteiger partial charge in [0.25, 0.3) is 0 Å². The van der Waals surface area contributed by atoms with Crippen molar-refractivity contribution in [3.63, 3.8) is 0 Å². The van der Waals surface area contributed by atoms with E-state index in [0.717, 1.165) is 0 Å². The Morgan fingerprint density at radius 3 is 2.60 bits per heavy atom. The van der Waals surface area contributed by atoms with Crippen LogP contribution < -0.4 is 0 Å². The Kier molecular flexibility index (Phi) is 1.50. The van der Waals surface area contributed by atoms with Gasteiger partial charge in [0.15, 0.2) is 5.78 Å². The number of ketones is 1. The molecule has 0 aliphatic carbocycles. The predicted octanol–water partition coefficient (Wildman–Crippen LogP) is 4.24. The van der Waals surface area contributed by atoms with Gasteiger partial charge in [-0.1, -0.05) is 66.8 Å². The molecule has 0 radical (unpaired) electrons. The van der Waals surface area contributed by atoms with Crippen LogP contribution in [0.4, 0.5) is 0 Å². The largest absolute Gasteiger partial charge is 0.388 e. The fourth-order valence-electron chi connectivity index (χ4n) is 1.69. The number of nitrogens with zero attached hydrogens (tertiary/aromatic N) is 1. The normalized spacial score (nSPS) is 50.5. The third-order valence-corrected chi connectivity index (χ3v) is 2.83. The number of hydrogen-bond donors (Lipinski definition) is 1. The van der Waals surface area contributed by atoms with Crippen LogP contribution in [0.15, 0.2) is 60.4 Å². The van der Waals surface area contributed by atoms with Crippen molar-refractivity contribution in [1.29, 1.82) is 0 Å². The van der Waals surface area contributed by atoms with Gasteiger partial charge in [0, 0.05) is 44.5 Å². The van der Waals surface area contributed by atoms with Crippen molar-refractivity contribution in [3.8, 4) is 0 Å². The lowest BCUT2D eigenvalue weighted by atomic mass is 9.88. The third kappa shape index (κ3) is 4.56. The van der Waals surface area contributed by atoms with E-state index < -0.39 is 139 Å². The minimum absolute atomic E-state index is 1.08. The standard InChI is InChI=1S/C22H27NO2/c1-23-19(15-21(24)17-9-4-2-5-10-17)13-8-14-20(23)16-22(25)18-11-6-3-7-12-18/h2-7,9-12,19-21,24H,8,13-16H2,1H3/t19-,20+,21+/m0/s1/i1D3,2D,3D,4D,5D,6D,7D,8D2,9D,10D,11D,12D,13D2,14D2,15D2,16D2,19D,20D. The maximum atomic E-state index is 13.9. The maximum Gasteiger partial charge on any atom is 0.164 e. The molecule has 3 heteroatoms. The minimum atomic E-state index is -4.89. The van der Waals surface area contributed by atoms with Crippen molar-refractivity contribution < 1.29 is 44.2 Å². The first kappa shape index (κ1) is 4.47. The molecule has 0 aromatic heterocycles. The fourth-order valence-corrected chi connectivity index (χ4v) is 1.69. The highest BCUT2D eigenvalue weighted by Gasteiger charge is 2.30. The topological polar surface area (TPSA) is 40.5 Å². The van der Waals surface area contributed by atoms with Gasteiger partial charge in [-0.3, -0.25) is 9.69 Å². The molecule has 3 nitrogen and oxygen atoms in total. The lowest BCUT2D eigenvalue weighted by Gasteiger charge is -2.40. The predicted molar refractivity (Wildman–Crippen MR) is 101 cm³/mol. The number of Topliss-reactive ketones (excluding diaryl/α,β-unsaturated/α-hetero) is 1. The molecular weight excluding hydrogens is 310 g/mol. The molecule has 3 rings (SSSR count). The van der Waals surface area contributed by atoms with Crippen molar-refractivity contribution >= 4 is 5.78 Å². The summed E-state index contributed by atoms with van der Waals surface area (Å²) < 4.78 is 208. The zero-order valence-corrected chi connectivity index (χ0v) is 12.4. The molecule has 0 saturated carbocycles. The molecule has 2 aromatic rings. The number of aliphatic hydroxyl groups excluding tert-OH is 1. The summed E-state index contributed by atoms with van der Waals surface area (Å²) >= 11 is 0. The van der Waals surface area contributed by atoms with Gasteiger partial charge in [0.1, 0.15) is 0 Å². The van der Waals surface area contributed by atoms with Crippen molar-refractivity contribution in [2.24, 2.45) is 0 Å². The Labute approximate surface area is 185 Å². The van der Waals surface area contributed by atoms with Crippen LogP contribution in [-0.2, 0) is 0 Å². The Balaban J connectivity index is 2.61. The van der Waals surface area contributed by atoms with Gasteiger partial charge < -0.3 is 5.11 Å². The molecule has 0 bridgehead atoms. The van der Waals surface area contributed by atoms with Crippen molar-refractivity contribution in [2.45, 2.75) is 50.0 Å². The summed E-state index contributed by atoms with van der Waals surface area (Å²) in [6.07, 6.45) is -26.6. The van der Waals surface area contributed by atoms with E-state index >= 15 is 0 Å². The first-order valence-electron chi connectivity index (χ1n) is 19.2. The highest BCUT2D eigenvalue weighted by molar-refractivity contribution is 5.96. The molecule has 0 unspecified atom stereocenters. The minimum Gasteiger partial charge on any atom is -0.388 e. The average molecular weight is 363 g/mol. The second-order valence-corrected chi connectivity index (χ2v) is 4.45. The Morgan fingerprint density at radius 1 is 1.28 bits per heavy atom. The highest BCUT2D eigenvalue weighted by Crippen LogP contribution is 2.30. The number of likely N-dealkylation sites (tertiary alicyclic amines) is 1. The molecule has 2 aromatic carbocycles. The maximum absolute atomic E-state index is 13.9. The van der Waals surface area contributed by atoms with Crippen molar-refractivity contribution in [1.82, 2.24) is 4.90 Å². The molecule has 1 fully saturated rings. The smallest absolute Gasteiger partial charge is 0.164 e. The van der Waals surface area contributed by atoms with Crippen LogP contribution in [0, 0.1) is 0 Å². The van der Waals surface area contributed by atoms with Gasteiger partial charge in [0.05, 0.1) is 19.8 Å². The van der Waals surface area contributed by atoms with Crippen LogP contribution >= 0.6 is 0 Å². The number of rotatable bonds is 6. The van der Waals surface area contributed by atoms with Crippen LogP contribution in [-0.4, -0.2) is 34.8 Å². The molecule has 1 heterocycles. The molecule has 1 aliphatic rings. The van der Waals surface area contributed by atoms with E-state index in [-0.39, 0.29) is 0 Å². The molecule has 1 N–H and O–H groups in total. The Morgan fingerprint density at radius 2 is 1.92 bits per heavy atom. The van der Waals surface area contributed by atoms with Crippen LogP contribution in [0.1, 0.15) is 88.2 Å². The van der Waals surface area contributed by atoms with Crippen LogP contribution in [0.25, 0.3) is 0 Å². The quantitative estimate of drug-likeness (QED) is 0.782. The average Bonchev–Trinajstić information content (AvgIpc) is 2.98. The Hall–Kier alpha value is -1.97. The van der Waals surface area contributed by atoms with E-state index in [1.807, 2.05) is 0 Å². The molecule has 1 aliphatic heterocycles. The van der Waals surface area contributed by atoms with Gasteiger partial charge in [-0.15, -0.1) is 0 Å². The number of carbonyl (C=O) groups is 1. The first-order valence-corrected chi connectivity index (χ1v) is 6.71. The summed E-state index contributed by atoms with van der Waals surface area (Å²) in [5.41, 5.74) is -3.04. The summed E-state index contributed by atoms with van der Waals surface area (Å²) in [6, 6.07) is -22.5. The summed E-state index contributed by atoms with van der Waals surface area (Å²) in [7, 11) is 0. The number of piperidine rings is 1. The molecule has 0 spiro atoms. The van der Waals surface area contributed by atoms with E-state index in [1.165, 1.54) is 0 Å². The summed E-state index contributed by atoms with van der Waals surface area (Å²) in [5.74, 6) is -2.46. The molecule has 3 atom stereocenters. The number of carbonyl (C=O) groups excluding carboxylic acids is 1. The molecule has 0 amide bonds. The van der Waals surface area contributed by atoms with Gasteiger partial charge in [-0.2, -0.15) is 0 Å². The third-order valence-electron chi connectivity index (χ3n) is 2.83. The van der Waals surface area contributed by atoms with Gasteiger partial charge in [-0.25, -0.2) is 0 Å². The van der Waals surface area contributed by atoms with Crippen molar-refractivity contribution in [3.05, 3.63) is 71.6 Å². The van der Waals surface area contributed by atoms with E-state index in [1.54, 1.807) is 0 Å². The van der Waals surface area contributed by atoms with E-state index in [9.17, 15) is 9.90 Å². The number of hydrogen-bond acceptors (Lipinski definition) is 3. The van der Waals surface area contributed by atoms with Gasteiger partial charge in [0.2, 0.25) is 0 Å². The second kappa shape index (κ2) is 8.41. The number of aliphatic hydroxyl groups is 1. The van der Waals surface area contributed by atoms with Gasteiger partial charge >= 0.3 is 0 Å². The molecular formula is C22H27NO2. The first-order chi connectivity index (χ1) is 22.0. The van der Waals surface area contributed by atoms with Crippen LogP contribution in [0.5, 0.6) is 0 Å². The Bertz CT molecular complexity index is 1710. The van der Waals surface area contributed by atoms with Crippen LogP contribution in [0.3, 0.4) is 0 Å². The fraction of sp³-hybridized carbons (Fsp3) is 0.409. The zero-order valence-electron chi connectivity index (χ0n) is 37.4. The lowest BCUT2D eigenvalue weighted by molar-refractivity contribution is 0.0549. The second-order valence-electron chi connectivity index (χ2n) is 4.45. The molecule has 1 saturated heterocycles. The van der Waals surface area contributed by atoms with Gasteiger partial charge in [-0.05, 0) is 31.7 Å². The van der Waals surface area contributed by atoms with E-state index in [2.05, 4.69) is 0 Å².